The molecule has 1 aliphatic rings. The van der Waals surface area contributed by atoms with E-state index in [9.17, 15) is 9.18 Å². The van der Waals surface area contributed by atoms with E-state index in [0.29, 0.717) is 12.4 Å². The van der Waals surface area contributed by atoms with Crippen molar-refractivity contribution in [3.8, 4) is 5.88 Å². The van der Waals surface area contributed by atoms with E-state index >= 15 is 0 Å². The van der Waals surface area contributed by atoms with Gasteiger partial charge in [-0.1, -0.05) is 18.2 Å². The molecule has 31 heavy (non-hydrogen) atoms. The molecule has 1 N–H and O–H groups in total. The van der Waals surface area contributed by atoms with Crippen molar-refractivity contribution in [3.63, 3.8) is 0 Å². The number of nitrogens with zero attached hydrogens (tertiary/aromatic N) is 4. The van der Waals surface area contributed by atoms with Crippen molar-refractivity contribution in [2.75, 3.05) is 44.7 Å². The van der Waals surface area contributed by atoms with Crippen molar-refractivity contribution in [3.05, 3.63) is 70.4 Å². The Hall–Kier alpha value is -3.04. The van der Waals surface area contributed by atoms with Crippen LogP contribution in [-0.2, 0) is 4.79 Å². The number of amides is 1. The Morgan fingerprint density at radius 2 is 1.97 bits per heavy atom. The molecule has 0 spiro atoms. The summed E-state index contributed by atoms with van der Waals surface area (Å²) in [5.41, 5.74) is 0.860. The lowest BCUT2D eigenvalue weighted by Crippen LogP contribution is -2.50. The minimum atomic E-state index is -0.293. The second kappa shape index (κ2) is 9.84. The van der Waals surface area contributed by atoms with Crippen molar-refractivity contribution in [1.82, 2.24) is 20.2 Å². The molecule has 7 nitrogen and oxygen atoms in total. The number of hydrogen-bond donors (Lipinski definition) is 1. The Morgan fingerprint density at radius 3 is 2.65 bits per heavy atom. The van der Waals surface area contributed by atoms with Crippen molar-refractivity contribution in [2.24, 2.45) is 0 Å². The average molecular weight is 442 g/mol. The van der Waals surface area contributed by atoms with E-state index in [1.165, 1.54) is 12.1 Å². The third-order valence-electron chi connectivity index (χ3n) is 5.21. The van der Waals surface area contributed by atoms with Gasteiger partial charge in [-0.25, -0.2) is 4.39 Å². The molecule has 4 rings (SSSR count). The molecule has 1 atom stereocenters. The lowest BCUT2D eigenvalue weighted by Gasteiger charge is -2.35. The van der Waals surface area contributed by atoms with Crippen LogP contribution < -0.4 is 15.0 Å². The van der Waals surface area contributed by atoms with E-state index in [1.807, 2.05) is 17.5 Å². The number of rotatable bonds is 7. The van der Waals surface area contributed by atoms with E-state index in [0.717, 1.165) is 42.4 Å². The van der Waals surface area contributed by atoms with Gasteiger partial charge in [-0.2, -0.15) is 4.98 Å². The molecule has 3 aromatic rings. The molecule has 1 aliphatic heterocycles. The van der Waals surface area contributed by atoms with Gasteiger partial charge in [-0.05, 0) is 29.1 Å². The second-order valence-corrected chi connectivity index (χ2v) is 8.23. The Bertz CT molecular complexity index is 991. The smallest absolute Gasteiger partial charge is 0.234 e. The van der Waals surface area contributed by atoms with Gasteiger partial charge >= 0.3 is 0 Å². The fourth-order valence-corrected chi connectivity index (χ4v) is 4.37. The van der Waals surface area contributed by atoms with Gasteiger partial charge in [-0.15, -0.1) is 11.3 Å². The normalized spacial score (nSPS) is 15.5. The summed E-state index contributed by atoms with van der Waals surface area (Å²) in [7, 11) is 1.57. The molecule has 1 saturated heterocycles. The summed E-state index contributed by atoms with van der Waals surface area (Å²) in [4.78, 5) is 26.7. The van der Waals surface area contributed by atoms with Crippen LogP contribution in [0.5, 0.6) is 5.88 Å². The van der Waals surface area contributed by atoms with Gasteiger partial charge in [0.15, 0.2) is 5.82 Å². The van der Waals surface area contributed by atoms with E-state index in [2.05, 4.69) is 25.1 Å². The summed E-state index contributed by atoms with van der Waals surface area (Å²) in [5, 5.41) is 5.09. The van der Waals surface area contributed by atoms with Crippen LogP contribution in [0.2, 0.25) is 0 Å². The molecule has 0 saturated carbocycles. The second-order valence-electron chi connectivity index (χ2n) is 7.25. The number of ether oxygens (including phenoxy) is 1. The molecule has 0 bridgehead atoms. The maximum absolute atomic E-state index is 13.4. The van der Waals surface area contributed by atoms with Gasteiger partial charge in [0.25, 0.3) is 0 Å². The molecule has 1 unspecified atom stereocenters. The monoisotopic (exact) mass is 441 g/mol. The molecule has 1 fully saturated rings. The van der Waals surface area contributed by atoms with Crippen molar-refractivity contribution in [2.45, 2.75) is 6.04 Å². The lowest BCUT2D eigenvalue weighted by atomic mass is 10.1. The highest BCUT2D eigenvalue weighted by atomic mass is 32.1. The van der Waals surface area contributed by atoms with Gasteiger partial charge in [0.1, 0.15) is 5.82 Å². The minimum absolute atomic E-state index is 0.0580. The van der Waals surface area contributed by atoms with E-state index < -0.39 is 0 Å². The lowest BCUT2D eigenvalue weighted by molar-refractivity contribution is -0.122. The van der Waals surface area contributed by atoms with E-state index in [4.69, 9.17) is 4.74 Å². The summed E-state index contributed by atoms with van der Waals surface area (Å²) in [6.45, 7) is 3.29. The molecule has 0 aliphatic carbocycles. The number of aromatic nitrogens is 2. The number of piperazine rings is 1. The zero-order chi connectivity index (χ0) is 21.6. The predicted molar refractivity (Wildman–Crippen MR) is 118 cm³/mol. The largest absolute Gasteiger partial charge is 0.480 e. The van der Waals surface area contributed by atoms with Crippen LogP contribution in [-0.4, -0.2) is 60.6 Å². The van der Waals surface area contributed by atoms with Crippen LogP contribution in [0.3, 0.4) is 0 Å². The van der Waals surface area contributed by atoms with Crippen LogP contribution >= 0.6 is 11.3 Å². The first-order chi connectivity index (χ1) is 15.1. The Balaban J connectivity index is 1.35. The van der Waals surface area contributed by atoms with Crippen molar-refractivity contribution >= 4 is 23.1 Å². The summed E-state index contributed by atoms with van der Waals surface area (Å²) in [6, 6.07) is 9.91. The van der Waals surface area contributed by atoms with Gasteiger partial charge in [-0.3, -0.25) is 14.7 Å². The SMILES string of the molecule is COc1cncc(N2CCN(CC(=O)NC(c3ccc(F)cc3)c3cccs3)CC2)n1. The minimum Gasteiger partial charge on any atom is -0.480 e. The number of anilines is 1. The molecular formula is C22H24FN5O2S. The first kappa shape index (κ1) is 21.2. The third-order valence-corrected chi connectivity index (χ3v) is 6.15. The van der Waals surface area contributed by atoms with E-state index in [1.54, 1.807) is 43.0 Å². The molecule has 9 heteroatoms. The zero-order valence-corrected chi connectivity index (χ0v) is 18.0. The summed E-state index contributed by atoms with van der Waals surface area (Å²) in [5.74, 6) is 0.910. The fraction of sp³-hybridized carbons (Fsp3) is 0.318. The molecule has 2 aromatic heterocycles. The van der Waals surface area contributed by atoms with Crippen LogP contribution in [0, 0.1) is 5.82 Å². The third kappa shape index (κ3) is 5.36. The molecule has 162 valence electrons. The Labute approximate surface area is 184 Å². The number of halogens is 1. The molecule has 3 heterocycles. The molecular weight excluding hydrogens is 417 g/mol. The number of carbonyl (C=O) groups is 1. The van der Waals surface area contributed by atoms with Gasteiger partial charge in [0, 0.05) is 31.1 Å². The van der Waals surface area contributed by atoms with Gasteiger partial charge < -0.3 is 15.0 Å². The quantitative estimate of drug-likeness (QED) is 0.608. The maximum Gasteiger partial charge on any atom is 0.234 e. The first-order valence-electron chi connectivity index (χ1n) is 10.0. The topological polar surface area (TPSA) is 70.6 Å². The Morgan fingerprint density at radius 1 is 1.19 bits per heavy atom. The first-order valence-corrected chi connectivity index (χ1v) is 10.9. The van der Waals surface area contributed by atoms with E-state index in [-0.39, 0.29) is 17.8 Å². The van der Waals surface area contributed by atoms with Crippen LogP contribution in [0.1, 0.15) is 16.5 Å². The van der Waals surface area contributed by atoms with Gasteiger partial charge in [0.05, 0.1) is 32.1 Å². The standard InChI is InChI=1S/C22H24FN5O2S/c1-30-21-14-24-13-19(25-21)28-10-8-27(9-11-28)15-20(29)26-22(18-3-2-12-31-18)16-4-6-17(23)7-5-16/h2-7,12-14,22H,8-11,15H2,1H3,(H,26,29). The number of methoxy groups -OCH3 is 1. The summed E-state index contributed by atoms with van der Waals surface area (Å²) >= 11 is 1.57. The zero-order valence-electron chi connectivity index (χ0n) is 17.2. The molecule has 1 aromatic carbocycles. The molecule has 0 radical (unpaired) electrons. The number of nitrogens with one attached hydrogen (secondary N) is 1. The molecule has 1 amide bonds. The summed E-state index contributed by atoms with van der Waals surface area (Å²) in [6.07, 6.45) is 3.30. The number of benzene rings is 1. The highest BCUT2D eigenvalue weighted by Crippen LogP contribution is 2.26. The van der Waals surface area contributed by atoms with Crippen molar-refractivity contribution in [1.29, 1.82) is 0 Å². The summed E-state index contributed by atoms with van der Waals surface area (Å²) < 4.78 is 18.5. The average Bonchev–Trinajstić information content (AvgIpc) is 3.33. The Kier molecular flexibility index (Phi) is 6.73. The van der Waals surface area contributed by atoms with Crippen molar-refractivity contribution < 1.29 is 13.9 Å². The maximum atomic E-state index is 13.4. The van der Waals surface area contributed by atoms with Crippen LogP contribution in [0.15, 0.2) is 54.2 Å². The van der Waals surface area contributed by atoms with Crippen LogP contribution in [0.4, 0.5) is 10.2 Å². The number of carbonyl (C=O) groups excluding carboxylic acids is 1. The highest BCUT2D eigenvalue weighted by Gasteiger charge is 2.23. The predicted octanol–water partition coefficient (Wildman–Crippen LogP) is 2.71. The van der Waals surface area contributed by atoms with Gasteiger partial charge in [0.2, 0.25) is 11.8 Å². The number of thiophene rings is 1. The number of hydrogen-bond acceptors (Lipinski definition) is 7. The highest BCUT2D eigenvalue weighted by molar-refractivity contribution is 7.10. The van der Waals surface area contributed by atoms with Crippen LogP contribution in [0.25, 0.3) is 0 Å². The fourth-order valence-electron chi connectivity index (χ4n) is 3.56.